The van der Waals surface area contributed by atoms with E-state index in [0.29, 0.717) is 12.6 Å². The molecule has 0 amide bonds. The Hall–Kier alpha value is -2.53. The summed E-state index contributed by atoms with van der Waals surface area (Å²) in [6.45, 7) is 1.62. The maximum Gasteiger partial charge on any atom is 0.126 e. The van der Waals surface area contributed by atoms with Gasteiger partial charge >= 0.3 is 0 Å². The van der Waals surface area contributed by atoms with Crippen LogP contribution in [0.1, 0.15) is 24.0 Å². The van der Waals surface area contributed by atoms with E-state index in [9.17, 15) is 4.39 Å². The zero-order valence-electron chi connectivity index (χ0n) is 15.6. The van der Waals surface area contributed by atoms with Crippen molar-refractivity contribution >= 4 is 10.9 Å². The number of unbranched alkanes of at least 4 members (excludes halogenated alkanes) is 1. The van der Waals surface area contributed by atoms with Gasteiger partial charge < -0.3 is 19.8 Å². The van der Waals surface area contributed by atoms with E-state index in [1.165, 1.54) is 11.6 Å². The summed E-state index contributed by atoms with van der Waals surface area (Å²) in [6.07, 6.45) is 5.99. The summed E-state index contributed by atoms with van der Waals surface area (Å²) in [7, 11) is 1.70. The minimum absolute atomic E-state index is 0.182. The maximum atomic E-state index is 13.5. The molecule has 3 aromatic rings. The quantitative estimate of drug-likeness (QED) is 0.614. The fraction of sp³-hybridized carbons (Fsp3) is 0.364. The van der Waals surface area contributed by atoms with Crippen molar-refractivity contribution in [3.05, 3.63) is 59.5 Å². The first-order valence-corrected chi connectivity index (χ1v) is 9.52. The highest BCUT2D eigenvalue weighted by Gasteiger charge is 2.22. The predicted octanol–water partition coefficient (Wildman–Crippen LogP) is 4.23. The number of rotatable bonds is 7. The smallest absolute Gasteiger partial charge is 0.126 e. The second kappa shape index (κ2) is 8.01. The molecule has 0 bridgehead atoms. The highest BCUT2D eigenvalue weighted by atomic mass is 19.1. The molecule has 27 heavy (non-hydrogen) atoms. The van der Waals surface area contributed by atoms with Gasteiger partial charge in [-0.05, 0) is 68.1 Å². The summed E-state index contributed by atoms with van der Waals surface area (Å²) in [6, 6.07) is 11.1. The topological polar surface area (TPSA) is 46.3 Å². The van der Waals surface area contributed by atoms with Gasteiger partial charge in [0.25, 0.3) is 0 Å². The van der Waals surface area contributed by atoms with Crippen LogP contribution in [0.15, 0.2) is 42.6 Å². The number of H-pyrrole nitrogens is 1. The molecule has 0 fully saturated rings. The van der Waals surface area contributed by atoms with Crippen LogP contribution in [0.5, 0.6) is 11.5 Å². The normalized spacial score (nSPS) is 16.1. The zero-order chi connectivity index (χ0) is 18.6. The van der Waals surface area contributed by atoms with Crippen molar-refractivity contribution in [2.75, 3.05) is 20.3 Å². The number of aryl methyl sites for hydroxylation is 1. The van der Waals surface area contributed by atoms with E-state index in [2.05, 4.69) is 10.3 Å². The average Bonchev–Trinajstić information content (AvgIpc) is 3.09. The third-order valence-corrected chi connectivity index (χ3v) is 5.24. The molecule has 1 unspecified atom stereocenters. The second-order valence-electron chi connectivity index (χ2n) is 7.06. The Kier molecular flexibility index (Phi) is 5.30. The third-order valence-electron chi connectivity index (χ3n) is 5.24. The Bertz CT molecular complexity index is 908. The lowest BCUT2D eigenvalue weighted by atomic mass is 10.0. The van der Waals surface area contributed by atoms with Crippen molar-refractivity contribution in [1.29, 1.82) is 0 Å². The SMILES string of the molecule is COc1cccc2c1CC(NCCCCc1c[nH]c3ccc(F)cc13)CO2. The number of benzene rings is 2. The van der Waals surface area contributed by atoms with Gasteiger partial charge in [-0.25, -0.2) is 4.39 Å². The van der Waals surface area contributed by atoms with Crippen LogP contribution in [0.25, 0.3) is 10.9 Å². The van der Waals surface area contributed by atoms with Crippen LogP contribution >= 0.6 is 0 Å². The van der Waals surface area contributed by atoms with Gasteiger partial charge in [-0.3, -0.25) is 0 Å². The average molecular weight is 368 g/mol. The first-order valence-electron chi connectivity index (χ1n) is 9.52. The van der Waals surface area contributed by atoms with Crippen molar-refractivity contribution in [1.82, 2.24) is 10.3 Å². The molecule has 1 aromatic heterocycles. The van der Waals surface area contributed by atoms with Gasteiger partial charge in [0.1, 0.15) is 23.9 Å². The van der Waals surface area contributed by atoms with Crippen molar-refractivity contribution < 1.29 is 13.9 Å². The molecular formula is C22H25FN2O2. The molecule has 0 spiro atoms. The van der Waals surface area contributed by atoms with Crippen LogP contribution in [-0.2, 0) is 12.8 Å². The van der Waals surface area contributed by atoms with Crippen molar-refractivity contribution in [3.8, 4) is 11.5 Å². The molecule has 1 aliphatic rings. The van der Waals surface area contributed by atoms with Gasteiger partial charge in [0.15, 0.2) is 0 Å². The Morgan fingerprint density at radius 3 is 3.07 bits per heavy atom. The molecular weight excluding hydrogens is 343 g/mol. The van der Waals surface area contributed by atoms with Gasteiger partial charge in [0.05, 0.1) is 7.11 Å². The monoisotopic (exact) mass is 368 g/mol. The van der Waals surface area contributed by atoms with Gasteiger partial charge in [-0.1, -0.05) is 6.07 Å². The molecule has 2 aromatic carbocycles. The summed E-state index contributed by atoms with van der Waals surface area (Å²) in [5.74, 6) is 1.64. The summed E-state index contributed by atoms with van der Waals surface area (Å²) in [5.41, 5.74) is 3.32. The van der Waals surface area contributed by atoms with Crippen molar-refractivity contribution in [3.63, 3.8) is 0 Å². The number of hydrogen-bond donors (Lipinski definition) is 2. The molecule has 2 N–H and O–H groups in total. The third kappa shape index (κ3) is 3.93. The van der Waals surface area contributed by atoms with Crippen molar-refractivity contribution in [2.45, 2.75) is 31.7 Å². The van der Waals surface area contributed by atoms with E-state index in [-0.39, 0.29) is 5.82 Å². The van der Waals surface area contributed by atoms with Crippen LogP contribution in [0.3, 0.4) is 0 Å². The molecule has 4 nitrogen and oxygen atoms in total. The predicted molar refractivity (Wildman–Crippen MR) is 105 cm³/mol. The van der Waals surface area contributed by atoms with Crippen molar-refractivity contribution in [2.24, 2.45) is 0 Å². The highest BCUT2D eigenvalue weighted by Crippen LogP contribution is 2.32. The Balaban J connectivity index is 1.25. The zero-order valence-corrected chi connectivity index (χ0v) is 15.6. The summed E-state index contributed by atoms with van der Waals surface area (Å²) >= 11 is 0. The lowest BCUT2D eigenvalue weighted by molar-refractivity contribution is 0.234. The number of ether oxygens (including phenoxy) is 2. The number of hydrogen-bond acceptors (Lipinski definition) is 3. The summed E-state index contributed by atoms with van der Waals surface area (Å²) in [4.78, 5) is 3.22. The molecule has 142 valence electrons. The fourth-order valence-corrected chi connectivity index (χ4v) is 3.80. The van der Waals surface area contributed by atoms with Gasteiger partial charge in [-0.15, -0.1) is 0 Å². The van der Waals surface area contributed by atoms with Crippen LogP contribution in [0.4, 0.5) is 4.39 Å². The Morgan fingerprint density at radius 1 is 1.26 bits per heavy atom. The Morgan fingerprint density at radius 2 is 2.19 bits per heavy atom. The van der Waals surface area contributed by atoms with Crippen LogP contribution in [-0.4, -0.2) is 31.3 Å². The van der Waals surface area contributed by atoms with Gasteiger partial charge in [0.2, 0.25) is 0 Å². The number of halogens is 1. The van der Waals surface area contributed by atoms with E-state index in [1.807, 2.05) is 24.4 Å². The van der Waals surface area contributed by atoms with E-state index < -0.39 is 0 Å². The van der Waals surface area contributed by atoms with E-state index in [4.69, 9.17) is 9.47 Å². The van der Waals surface area contributed by atoms with Crippen LogP contribution in [0, 0.1) is 5.82 Å². The fourth-order valence-electron chi connectivity index (χ4n) is 3.80. The molecule has 0 saturated heterocycles. The van der Waals surface area contributed by atoms with E-state index in [0.717, 1.165) is 60.2 Å². The summed E-state index contributed by atoms with van der Waals surface area (Å²) < 4.78 is 24.8. The second-order valence-corrected chi connectivity index (χ2v) is 7.06. The largest absolute Gasteiger partial charge is 0.496 e. The number of methoxy groups -OCH3 is 1. The van der Waals surface area contributed by atoms with E-state index >= 15 is 0 Å². The maximum absolute atomic E-state index is 13.5. The first kappa shape index (κ1) is 17.9. The number of fused-ring (bicyclic) bond motifs is 2. The van der Waals surface area contributed by atoms with E-state index in [1.54, 1.807) is 19.2 Å². The molecule has 0 radical (unpaired) electrons. The Labute approximate surface area is 158 Å². The lowest BCUT2D eigenvalue weighted by Crippen LogP contribution is -2.39. The minimum Gasteiger partial charge on any atom is -0.496 e. The standard InChI is InChI=1S/C22H25FN2O2/c1-26-21-6-4-7-22-19(21)12-17(14-27-22)24-10-3-2-5-15-13-25-20-9-8-16(23)11-18(15)20/h4,6-9,11,13,17,24-25H,2-3,5,10,12,14H2,1H3. The van der Waals surface area contributed by atoms with Crippen LogP contribution < -0.4 is 14.8 Å². The molecule has 0 aliphatic carbocycles. The molecule has 1 aliphatic heterocycles. The number of aromatic amines is 1. The minimum atomic E-state index is -0.182. The lowest BCUT2D eigenvalue weighted by Gasteiger charge is -2.27. The molecule has 5 heteroatoms. The molecule has 1 atom stereocenters. The van der Waals surface area contributed by atoms with Crippen LogP contribution in [0.2, 0.25) is 0 Å². The molecule has 2 heterocycles. The molecule has 4 rings (SSSR count). The highest BCUT2D eigenvalue weighted by molar-refractivity contribution is 5.83. The number of nitrogens with one attached hydrogen (secondary N) is 2. The van der Waals surface area contributed by atoms with Gasteiger partial charge in [0, 0.05) is 28.7 Å². The number of aromatic nitrogens is 1. The van der Waals surface area contributed by atoms with Gasteiger partial charge in [-0.2, -0.15) is 0 Å². The molecule has 0 saturated carbocycles. The summed E-state index contributed by atoms with van der Waals surface area (Å²) in [5, 5.41) is 4.58. The first-order chi connectivity index (χ1) is 13.2.